The quantitative estimate of drug-likeness (QED) is 0.422. The van der Waals surface area contributed by atoms with E-state index in [-0.39, 0.29) is 19.1 Å². The third-order valence-corrected chi connectivity index (χ3v) is 5.34. The van der Waals surface area contributed by atoms with Crippen molar-refractivity contribution in [1.82, 2.24) is 14.9 Å². The summed E-state index contributed by atoms with van der Waals surface area (Å²) >= 11 is 0. The number of benzene rings is 3. The second-order valence-corrected chi connectivity index (χ2v) is 7.64. The number of ether oxygens (including phenoxy) is 1. The van der Waals surface area contributed by atoms with Gasteiger partial charge < -0.3 is 19.7 Å². The van der Waals surface area contributed by atoms with Crippen molar-refractivity contribution >= 4 is 16.9 Å². The number of aromatic nitrogens is 2. The van der Waals surface area contributed by atoms with Crippen LogP contribution in [0.3, 0.4) is 0 Å². The third kappa shape index (κ3) is 5.15. The Labute approximate surface area is 187 Å². The van der Waals surface area contributed by atoms with Gasteiger partial charge in [-0.05, 0) is 48.4 Å². The van der Waals surface area contributed by atoms with Gasteiger partial charge in [-0.1, -0.05) is 49.4 Å². The highest BCUT2D eigenvalue weighted by atomic mass is 16.5. The van der Waals surface area contributed by atoms with Gasteiger partial charge in [-0.25, -0.2) is 4.98 Å². The van der Waals surface area contributed by atoms with E-state index in [1.165, 1.54) is 5.56 Å². The number of hydrogen-bond acceptors (Lipinski definition) is 4. The zero-order valence-electron chi connectivity index (χ0n) is 18.1. The Kier molecular flexibility index (Phi) is 6.82. The Balaban J connectivity index is 1.45. The summed E-state index contributed by atoms with van der Waals surface area (Å²) in [6.45, 7) is 2.83. The molecule has 2 N–H and O–H groups in total. The molecule has 0 radical (unpaired) electrons. The summed E-state index contributed by atoms with van der Waals surface area (Å²) in [5, 5.41) is 13.6. The summed E-state index contributed by atoms with van der Waals surface area (Å²) in [5.74, 6) is 1.25. The van der Waals surface area contributed by atoms with Crippen molar-refractivity contribution in [3.05, 3.63) is 95.8 Å². The van der Waals surface area contributed by atoms with E-state index in [0.29, 0.717) is 17.9 Å². The van der Waals surface area contributed by atoms with Gasteiger partial charge in [-0.3, -0.25) is 4.79 Å². The first kappa shape index (κ1) is 21.6. The lowest BCUT2D eigenvalue weighted by Gasteiger charge is -2.16. The van der Waals surface area contributed by atoms with E-state index in [2.05, 4.69) is 17.2 Å². The summed E-state index contributed by atoms with van der Waals surface area (Å²) in [7, 11) is 0. The van der Waals surface area contributed by atoms with Gasteiger partial charge in [0.05, 0.1) is 24.1 Å². The average molecular weight is 430 g/mol. The van der Waals surface area contributed by atoms with Crippen molar-refractivity contribution in [1.29, 1.82) is 0 Å². The summed E-state index contributed by atoms with van der Waals surface area (Å²) in [4.78, 5) is 17.1. The Morgan fingerprint density at radius 3 is 2.50 bits per heavy atom. The van der Waals surface area contributed by atoms with Crippen LogP contribution in [0.1, 0.15) is 28.7 Å². The normalized spacial score (nSPS) is 11.9. The highest BCUT2D eigenvalue weighted by molar-refractivity contribution is 5.94. The number of hydrogen-bond donors (Lipinski definition) is 2. The predicted molar refractivity (Wildman–Crippen MR) is 125 cm³/mol. The molecule has 4 aromatic rings. The van der Waals surface area contributed by atoms with Crippen LogP contribution in [0.2, 0.25) is 0 Å². The fraction of sp³-hybridized carbons (Fsp3) is 0.231. The lowest BCUT2D eigenvalue weighted by Crippen LogP contribution is -2.28. The standard InChI is InChI=1S/C26H27N3O3/c1-2-19-12-14-22(15-13-19)32-18-21(30)17-29-24-11-7-6-10-23(24)28-25(29)16-27-26(31)20-8-4-3-5-9-20/h3-15,21,30H,2,16-18H2,1H3,(H,27,31)/t21-/m0/s1. The van der Waals surface area contributed by atoms with E-state index in [4.69, 9.17) is 4.74 Å². The Bertz CT molecular complexity index is 1170. The fourth-order valence-electron chi connectivity index (χ4n) is 3.59. The highest BCUT2D eigenvalue weighted by Crippen LogP contribution is 2.18. The molecule has 1 amide bonds. The molecule has 3 aromatic carbocycles. The number of imidazole rings is 1. The molecular weight excluding hydrogens is 402 g/mol. The number of aryl methyl sites for hydroxylation is 1. The van der Waals surface area contributed by atoms with Crippen molar-refractivity contribution in [3.8, 4) is 5.75 Å². The first-order valence-corrected chi connectivity index (χ1v) is 10.8. The minimum absolute atomic E-state index is 0.161. The molecule has 0 saturated heterocycles. The maximum atomic E-state index is 12.5. The molecule has 0 aliphatic heterocycles. The van der Waals surface area contributed by atoms with E-state index < -0.39 is 6.10 Å². The van der Waals surface area contributed by atoms with E-state index in [1.54, 1.807) is 12.1 Å². The molecule has 1 atom stereocenters. The summed E-state index contributed by atoms with van der Waals surface area (Å²) < 4.78 is 7.71. The predicted octanol–water partition coefficient (Wildman–Crippen LogP) is 3.97. The number of aliphatic hydroxyl groups excluding tert-OH is 1. The molecule has 0 bridgehead atoms. The zero-order chi connectivity index (χ0) is 22.3. The smallest absolute Gasteiger partial charge is 0.251 e. The van der Waals surface area contributed by atoms with Crippen molar-refractivity contribution in [3.63, 3.8) is 0 Å². The molecule has 0 aliphatic rings. The number of rotatable bonds is 9. The Morgan fingerprint density at radius 2 is 1.75 bits per heavy atom. The van der Waals surface area contributed by atoms with Gasteiger partial charge in [-0.2, -0.15) is 0 Å². The van der Waals surface area contributed by atoms with Gasteiger partial charge in [-0.15, -0.1) is 0 Å². The zero-order valence-corrected chi connectivity index (χ0v) is 18.1. The molecule has 0 spiro atoms. The molecule has 1 aromatic heterocycles. The molecular formula is C26H27N3O3. The van der Waals surface area contributed by atoms with Crippen LogP contribution in [-0.4, -0.2) is 33.3 Å². The van der Waals surface area contributed by atoms with Gasteiger partial charge >= 0.3 is 0 Å². The Morgan fingerprint density at radius 1 is 1.03 bits per heavy atom. The topological polar surface area (TPSA) is 76.4 Å². The molecule has 164 valence electrons. The minimum atomic E-state index is -0.734. The molecule has 32 heavy (non-hydrogen) atoms. The number of amides is 1. The maximum absolute atomic E-state index is 12.5. The average Bonchev–Trinajstić information content (AvgIpc) is 3.19. The Hall–Kier alpha value is -3.64. The molecule has 0 fully saturated rings. The van der Waals surface area contributed by atoms with Gasteiger partial charge in [0.25, 0.3) is 5.91 Å². The molecule has 0 saturated carbocycles. The van der Waals surface area contributed by atoms with Gasteiger partial charge in [0.15, 0.2) is 0 Å². The molecule has 4 rings (SSSR count). The number of carbonyl (C=O) groups is 1. The van der Waals surface area contributed by atoms with Crippen LogP contribution in [0.25, 0.3) is 11.0 Å². The first-order chi connectivity index (χ1) is 15.6. The van der Waals surface area contributed by atoms with Crippen LogP contribution >= 0.6 is 0 Å². The van der Waals surface area contributed by atoms with Crippen LogP contribution < -0.4 is 10.1 Å². The van der Waals surface area contributed by atoms with E-state index in [1.807, 2.05) is 71.3 Å². The summed E-state index contributed by atoms with van der Waals surface area (Å²) in [5.41, 5.74) is 3.56. The van der Waals surface area contributed by atoms with Crippen molar-refractivity contribution < 1.29 is 14.6 Å². The molecule has 1 heterocycles. The van der Waals surface area contributed by atoms with Crippen molar-refractivity contribution in [2.75, 3.05) is 6.61 Å². The highest BCUT2D eigenvalue weighted by Gasteiger charge is 2.16. The number of nitrogens with one attached hydrogen (secondary N) is 1. The minimum Gasteiger partial charge on any atom is -0.491 e. The number of aliphatic hydroxyl groups is 1. The second-order valence-electron chi connectivity index (χ2n) is 7.64. The molecule has 6 heteroatoms. The number of carbonyl (C=O) groups excluding carboxylic acids is 1. The van der Waals surface area contributed by atoms with Gasteiger partial charge in [0.1, 0.15) is 24.3 Å². The summed E-state index contributed by atoms with van der Waals surface area (Å²) in [6.07, 6.45) is 0.238. The van der Waals surface area contributed by atoms with E-state index >= 15 is 0 Å². The van der Waals surface area contributed by atoms with Crippen LogP contribution in [0, 0.1) is 0 Å². The first-order valence-electron chi connectivity index (χ1n) is 10.8. The van der Waals surface area contributed by atoms with Crippen LogP contribution in [0.5, 0.6) is 5.75 Å². The molecule has 0 unspecified atom stereocenters. The lowest BCUT2D eigenvalue weighted by atomic mass is 10.2. The van der Waals surface area contributed by atoms with Crippen LogP contribution in [0.4, 0.5) is 0 Å². The van der Waals surface area contributed by atoms with Gasteiger partial charge in [0.2, 0.25) is 0 Å². The van der Waals surface area contributed by atoms with Crippen LogP contribution in [-0.2, 0) is 19.5 Å². The fourth-order valence-corrected chi connectivity index (χ4v) is 3.59. The number of nitrogens with zero attached hydrogens (tertiary/aromatic N) is 2. The van der Waals surface area contributed by atoms with Gasteiger partial charge in [0, 0.05) is 5.56 Å². The monoisotopic (exact) mass is 429 g/mol. The molecule has 0 aliphatic carbocycles. The second kappa shape index (κ2) is 10.1. The number of para-hydroxylation sites is 2. The third-order valence-electron chi connectivity index (χ3n) is 5.34. The molecule has 6 nitrogen and oxygen atoms in total. The SMILES string of the molecule is CCc1ccc(OC[C@@H](O)Cn2c(CNC(=O)c3ccccc3)nc3ccccc32)cc1. The lowest BCUT2D eigenvalue weighted by molar-refractivity contribution is 0.0917. The van der Waals surface area contributed by atoms with E-state index in [0.717, 1.165) is 23.2 Å². The van der Waals surface area contributed by atoms with Crippen molar-refractivity contribution in [2.24, 2.45) is 0 Å². The maximum Gasteiger partial charge on any atom is 0.251 e. The van der Waals surface area contributed by atoms with E-state index in [9.17, 15) is 9.90 Å². The number of fused-ring (bicyclic) bond motifs is 1. The summed E-state index contributed by atoms with van der Waals surface area (Å²) in [6, 6.07) is 24.7. The van der Waals surface area contributed by atoms with Crippen LogP contribution in [0.15, 0.2) is 78.9 Å². The van der Waals surface area contributed by atoms with Crippen molar-refractivity contribution in [2.45, 2.75) is 32.5 Å². The largest absolute Gasteiger partial charge is 0.491 e.